The van der Waals surface area contributed by atoms with Gasteiger partial charge in [0.05, 0.1) is 30.9 Å². The smallest absolute Gasteiger partial charge is 0.358 e. The monoisotopic (exact) mass is 427 g/mol. The van der Waals surface area contributed by atoms with Gasteiger partial charge in [0.25, 0.3) is 0 Å². The normalized spacial score (nSPS) is 16.2. The molecule has 7 nitrogen and oxygen atoms in total. The zero-order chi connectivity index (χ0) is 22.0. The van der Waals surface area contributed by atoms with Crippen LogP contribution in [0.4, 0.5) is 0 Å². The summed E-state index contributed by atoms with van der Waals surface area (Å²) in [5.41, 5.74) is 4.36. The average Bonchev–Trinajstić information content (AvgIpc) is 3.30. The fraction of sp³-hybridized carbons (Fsp3) is 0.280. The molecular weight excluding hydrogens is 402 g/mol. The third-order valence-electron chi connectivity index (χ3n) is 6.38. The first kappa shape index (κ1) is 20.3. The van der Waals surface area contributed by atoms with Crippen molar-refractivity contribution in [2.75, 3.05) is 20.2 Å². The lowest BCUT2D eigenvalue weighted by Crippen LogP contribution is -2.43. The quantitative estimate of drug-likeness (QED) is 0.454. The van der Waals surface area contributed by atoms with Crippen LogP contribution in [0.5, 0.6) is 0 Å². The van der Waals surface area contributed by atoms with E-state index in [-0.39, 0.29) is 11.1 Å². The highest BCUT2D eigenvalue weighted by molar-refractivity contribution is 5.86. The number of pyridine rings is 1. The van der Waals surface area contributed by atoms with Gasteiger partial charge in [-0.25, -0.2) is 14.8 Å². The third-order valence-corrected chi connectivity index (χ3v) is 6.38. The fourth-order valence-electron chi connectivity index (χ4n) is 4.58. The van der Waals surface area contributed by atoms with Crippen LogP contribution in [0.2, 0.25) is 0 Å². The highest BCUT2D eigenvalue weighted by Crippen LogP contribution is 2.41. The number of esters is 1. The van der Waals surface area contributed by atoms with E-state index < -0.39 is 5.97 Å². The van der Waals surface area contributed by atoms with Crippen LogP contribution in [0.3, 0.4) is 0 Å². The number of carbonyl (C=O) groups is 1. The Morgan fingerprint density at radius 3 is 2.50 bits per heavy atom. The second-order valence-corrected chi connectivity index (χ2v) is 8.20. The van der Waals surface area contributed by atoms with Gasteiger partial charge in [0.1, 0.15) is 5.65 Å². The van der Waals surface area contributed by atoms with Crippen molar-refractivity contribution in [2.24, 2.45) is 0 Å². The van der Waals surface area contributed by atoms with E-state index in [4.69, 9.17) is 9.72 Å². The Bertz CT molecular complexity index is 1180. The first-order valence-corrected chi connectivity index (χ1v) is 10.8. The molecule has 0 aliphatic carbocycles. The van der Waals surface area contributed by atoms with Gasteiger partial charge in [-0.2, -0.15) is 0 Å². The predicted octanol–water partition coefficient (Wildman–Crippen LogP) is 3.49. The summed E-state index contributed by atoms with van der Waals surface area (Å²) in [5, 5.41) is 0. The van der Waals surface area contributed by atoms with Gasteiger partial charge in [0, 0.05) is 24.4 Å². The zero-order valence-corrected chi connectivity index (χ0v) is 18.0. The minimum atomic E-state index is -0.470. The molecular formula is C25H25N5O2. The molecule has 0 amide bonds. The maximum atomic E-state index is 11.6. The largest absolute Gasteiger partial charge is 0.464 e. The van der Waals surface area contributed by atoms with E-state index in [1.54, 1.807) is 6.20 Å². The molecule has 1 saturated heterocycles. The molecule has 1 fully saturated rings. The van der Waals surface area contributed by atoms with Gasteiger partial charge in [-0.05, 0) is 43.6 Å². The number of nitrogens with zero attached hydrogens (tertiary/aromatic N) is 5. The Morgan fingerprint density at radius 2 is 1.81 bits per heavy atom. The van der Waals surface area contributed by atoms with Crippen LogP contribution in [-0.4, -0.2) is 50.4 Å². The minimum Gasteiger partial charge on any atom is -0.464 e. The van der Waals surface area contributed by atoms with Crippen LogP contribution >= 0.6 is 0 Å². The molecule has 0 N–H and O–H groups in total. The second kappa shape index (κ2) is 8.51. The molecule has 0 saturated carbocycles. The summed E-state index contributed by atoms with van der Waals surface area (Å²) < 4.78 is 6.80. The molecule has 0 radical (unpaired) electrons. The average molecular weight is 428 g/mol. The maximum absolute atomic E-state index is 11.6. The standard InChI is InChI=1S/C25H25N5O2/c1-32-24(31)21-16-26-20(15-27-21)17-29-13-10-25(11-14-29,19-7-3-2-4-8-19)22-18-30-12-6-5-9-23(30)28-22/h2-9,12,15-16,18H,10-11,13-14,17H2,1H3. The van der Waals surface area contributed by atoms with E-state index in [0.717, 1.165) is 43.0 Å². The molecule has 0 atom stereocenters. The molecule has 0 spiro atoms. The number of imidazole rings is 1. The minimum absolute atomic E-state index is 0.121. The van der Waals surface area contributed by atoms with E-state index in [1.165, 1.54) is 18.9 Å². The van der Waals surface area contributed by atoms with Gasteiger partial charge in [-0.15, -0.1) is 0 Å². The maximum Gasteiger partial charge on any atom is 0.358 e. The number of methoxy groups -OCH3 is 1. The van der Waals surface area contributed by atoms with Crippen molar-refractivity contribution in [2.45, 2.75) is 24.8 Å². The van der Waals surface area contributed by atoms with Crippen LogP contribution in [0.15, 0.2) is 73.3 Å². The van der Waals surface area contributed by atoms with Gasteiger partial charge < -0.3 is 9.14 Å². The number of hydrogen-bond donors (Lipinski definition) is 0. The van der Waals surface area contributed by atoms with Crippen molar-refractivity contribution in [1.82, 2.24) is 24.3 Å². The number of rotatable bonds is 5. The lowest BCUT2D eigenvalue weighted by molar-refractivity contribution is 0.0593. The molecule has 5 rings (SSSR count). The van der Waals surface area contributed by atoms with Crippen molar-refractivity contribution in [3.63, 3.8) is 0 Å². The van der Waals surface area contributed by atoms with Gasteiger partial charge in [-0.3, -0.25) is 9.88 Å². The first-order chi connectivity index (χ1) is 15.7. The molecule has 7 heteroatoms. The lowest BCUT2D eigenvalue weighted by atomic mass is 9.70. The van der Waals surface area contributed by atoms with Crippen LogP contribution in [0.1, 0.15) is 40.3 Å². The molecule has 1 aliphatic rings. The molecule has 32 heavy (non-hydrogen) atoms. The summed E-state index contributed by atoms with van der Waals surface area (Å²) in [6.45, 7) is 2.54. The summed E-state index contributed by atoms with van der Waals surface area (Å²) in [5.74, 6) is -0.470. The van der Waals surface area contributed by atoms with Crippen molar-refractivity contribution in [3.8, 4) is 0 Å². The van der Waals surface area contributed by atoms with Gasteiger partial charge in [-0.1, -0.05) is 36.4 Å². The third kappa shape index (κ3) is 3.76. The summed E-state index contributed by atoms with van der Waals surface area (Å²) in [6.07, 6.45) is 9.30. The highest BCUT2D eigenvalue weighted by Gasteiger charge is 2.39. The number of fused-ring (bicyclic) bond motifs is 1. The summed E-state index contributed by atoms with van der Waals surface area (Å²) in [7, 11) is 1.34. The fourth-order valence-corrected chi connectivity index (χ4v) is 4.58. The Morgan fingerprint density at radius 1 is 1.03 bits per heavy atom. The summed E-state index contributed by atoms with van der Waals surface area (Å²) >= 11 is 0. The molecule has 3 aromatic heterocycles. The van der Waals surface area contributed by atoms with E-state index in [2.05, 4.69) is 62.0 Å². The molecule has 162 valence electrons. The molecule has 0 unspecified atom stereocenters. The molecule has 1 aliphatic heterocycles. The number of benzene rings is 1. The number of aromatic nitrogens is 4. The van der Waals surface area contributed by atoms with Crippen molar-refractivity contribution >= 4 is 11.6 Å². The van der Waals surface area contributed by atoms with Crippen molar-refractivity contribution < 1.29 is 9.53 Å². The number of likely N-dealkylation sites (tertiary alicyclic amines) is 1. The Kier molecular flexibility index (Phi) is 5.41. The summed E-state index contributed by atoms with van der Waals surface area (Å²) in [4.78, 5) is 27.6. The van der Waals surface area contributed by atoms with Crippen molar-refractivity contribution in [3.05, 3.63) is 96.0 Å². The Balaban J connectivity index is 1.38. The van der Waals surface area contributed by atoms with Crippen LogP contribution < -0.4 is 0 Å². The lowest BCUT2D eigenvalue weighted by Gasteiger charge is -2.41. The van der Waals surface area contributed by atoms with Gasteiger partial charge in [0.2, 0.25) is 0 Å². The Labute approximate surface area is 186 Å². The topological polar surface area (TPSA) is 72.6 Å². The zero-order valence-electron chi connectivity index (χ0n) is 18.0. The number of carbonyl (C=O) groups excluding carboxylic acids is 1. The van der Waals surface area contributed by atoms with Crippen LogP contribution in [-0.2, 0) is 16.7 Å². The van der Waals surface area contributed by atoms with Gasteiger partial charge >= 0.3 is 5.97 Å². The number of ether oxygens (including phenoxy) is 1. The van der Waals surface area contributed by atoms with E-state index in [1.807, 2.05) is 18.2 Å². The molecule has 0 bridgehead atoms. The molecule has 4 aromatic rings. The first-order valence-electron chi connectivity index (χ1n) is 10.8. The van der Waals surface area contributed by atoms with E-state index in [9.17, 15) is 4.79 Å². The molecule has 4 heterocycles. The van der Waals surface area contributed by atoms with Crippen LogP contribution in [0, 0.1) is 0 Å². The summed E-state index contributed by atoms with van der Waals surface area (Å²) in [6, 6.07) is 16.8. The number of hydrogen-bond acceptors (Lipinski definition) is 6. The van der Waals surface area contributed by atoms with E-state index in [0.29, 0.717) is 6.54 Å². The van der Waals surface area contributed by atoms with Gasteiger partial charge in [0.15, 0.2) is 5.69 Å². The van der Waals surface area contributed by atoms with Crippen molar-refractivity contribution in [1.29, 1.82) is 0 Å². The van der Waals surface area contributed by atoms with Crippen LogP contribution in [0.25, 0.3) is 5.65 Å². The SMILES string of the molecule is COC(=O)c1cnc(CN2CCC(c3ccccc3)(c3cn4ccccc4n3)CC2)cn1. The second-order valence-electron chi connectivity index (χ2n) is 8.20. The number of piperidine rings is 1. The predicted molar refractivity (Wildman–Crippen MR) is 120 cm³/mol. The highest BCUT2D eigenvalue weighted by atomic mass is 16.5. The Hall–Kier alpha value is -3.58. The van der Waals surface area contributed by atoms with E-state index >= 15 is 0 Å². The molecule has 1 aromatic carbocycles.